The molecule has 0 atom stereocenters. The number of hydrogen-bond donors (Lipinski definition) is 1. The lowest BCUT2D eigenvalue weighted by Crippen LogP contribution is -2.35. The molecule has 24 heavy (non-hydrogen) atoms. The van der Waals surface area contributed by atoms with Crippen molar-refractivity contribution in [3.63, 3.8) is 0 Å². The van der Waals surface area contributed by atoms with Gasteiger partial charge >= 0.3 is 5.69 Å². The summed E-state index contributed by atoms with van der Waals surface area (Å²) in [6, 6.07) is 14.5. The molecule has 2 heterocycles. The molecule has 0 radical (unpaired) electrons. The normalized spacial score (nSPS) is 11.3. The molecule has 0 spiro atoms. The Labute approximate surface area is 140 Å². The van der Waals surface area contributed by atoms with Crippen molar-refractivity contribution < 1.29 is 4.42 Å². The Balaban J connectivity index is 1.56. The lowest BCUT2D eigenvalue weighted by molar-refractivity contribution is 0.489. The molecule has 2 aromatic carbocycles. The Bertz CT molecular complexity index is 1110. The summed E-state index contributed by atoms with van der Waals surface area (Å²) in [6.07, 6.45) is 0. The fraction of sp³-hybridized carbons (Fsp3) is 0.118. The number of aromatic amines is 1. The summed E-state index contributed by atoms with van der Waals surface area (Å²) in [5.74, 6) is 0.508. The van der Waals surface area contributed by atoms with Gasteiger partial charge in [-0.25, -0.2) is 9.78 Å². The van der Waals surface area contributed by atoms with E-state index in [4.69, 9.17) is 4.42 Å². The van der Waals surface area contributed by atoms with Crippen LogP contribution in [-0.2, 0) is 6.54 Å². The summed E-state index contributed by atoms with van der Waals surface area (Å²) in [5, 5.41) is 1.03. The molecule has 0 saturated carbocycles. The summed E-state index contributed by atoms with van der Waals surface area (Å²) >= 11 is 1.37. The molecule has 4 aromatic rings. The Hall–Kier alpha value is -2.80. The molecule has 0 aliphatic heterocycles. The molecular formula is C17H13N3O3S. The van der Waals surface area contributed by atoms with Crippen LogP contribution in [0.4, 0.5) is 0 Å². The maximum Gasteiger partial charge on any atom is 0.328 e. The average Bonchev–Trinajstić information content (AvgIpc) is 3.00. The number of fused-ring (bicyclic) bond motifs is 2. The SMILES string of the molecule is O=c1[nH]c2ccccc2c(=O)n1CCSc1nc2ccccc2o1. The lowest BCUT2D eigenvalue weighted by atomic mass is 10.2. The Morgan fingerprint density at radius 2 is 1.88 bits per heavy atom. The Kier molecular flexibility index (Phi) is 3.70. The number of nitrogens with one attached hydrogen (secondary N) is 1. The predicted octanol–water partition coefficient (Wildman–Crippen LogP) is 2.62. The number of aromatic nitrogens is 3. The first kappa shape index (κ1) is 14.8. The maximum absolute atomic E-state index is 12.4. The number of benzene rings is 2. The largest absolute Gasteiger partial charge is 0.431 e. The van der Waals surface area contributed by atoms with E-state index in [1.165, 1.54) is 16.3 Å². The van der Waals surface area contributed by atoms with Gasteiger partial charge < -0.3 is 9.40 Å². The van der Waals surface area contributed by atoms with Gasteiger partial charge in [0.15, 0.2) is 5.58 Å². The van der Waals surface area contributed by atoms with E-state index in [-0.39, 0.29) is 12.1 Å². The van der Waals surface area contributed by atoms with E-state index < -0.39 is 5.69 Å². The third kappa shape index (κ3) is 2.63. The highest BCUT2D eigenvalue weighted by molar-refractivity contribution is 7.99. The molecule has 0 amide bonds. The number of hydrogen-bond acceptors (Lipinski definition) is 5. The second-order valence-corrected chi connectivity index (χ2v) is 6.27. The average molecular weight is 339 g/mol. The number of thioether (sulfide) groups is 1. The van der Waals surface area contributed by atoms with Crippen LogP contribution in [0.2, 0.25) is 0 Å². The molecule has 2 aromatic heterocycles. The van der Waals surface area contributed by atoms with Gasteiger partial charge in [-0.05, 0) is 24.3 Å². The van der Waals surface area contributed by atoms with Gasteiger partial charge in [-0.3, -0.25) is 9.36 Å². The van der Waals surface area contributed by atoms with E-state index >= 15 is 0 Å². The Morgan fingerprint density at radius 3 is 2.75 bits per heavy atom. The number of nitrogens with zero attached hydrogens (tertiary/aromatic N) is 2. The highest BCUT2D eigenvalue weighted by Gasteiger charge is 2.09. The number of oxazole rings is 1. The minimum Gasteiger partial charge on any atom is -0.431 e. The molecule has 7 heteroatoms. The first-order chi connectivity index (χ1) is 11.7. The van der Waals surface area contributed by atoms with Gasteiger partial charge in [0.05, 0.1) is 10.9 Å². The van der Waals surface area contributed by atoms with Gasteiger partial charge in [0.25, 0.3) is 10.8 Å². The first-order valence-corrected chi connectivity index (χ1v) is 8.41. The van der Waals surface area contributed by atoms with Gasteiger partial charge in [-0.1, -0.05) is 36.0 Å². The van der Waals surface area contributed by atoms with Crippen LogP contribution in [0.25, 0.3) is 22.0 Å². The van der Waals surface area contributed by atoms with Gasteiger partial charge in [-0.2, -0.15) is 0 Å². The van der Waals surface area contributed by atoms with E-state index in [2.05, 4.69) is 9.97 Å². The van der Waals surface area contributed by atoms with E-state index in [0.29, 0.717) is 21.9 Å². The van der Waals surface area contributed by atoms with Crippen molar-refractivity contribution >= 4 is 33.8 Å². The zero-order valence-electron chi connectivity index (χ0n) is 12.6. The molecule has 0 saturated heterocycles. The minimum atomic E-state index is -0.406. The van der Waals surface area contributed by atoms with Gasteiger partial charge in [0.2, 0.25) is 0 Å². The van der Waals surface area contributed by atoms with Crippen LogP contribution >= 0.6 is 11.8 Å². The van der Waals surface area contributed by atoms with Crippen LogP contribution in [-0.4, -0.2) is 20.3 Å². The van der Waals surface area contributed by atoms with Crippen molar-refractivity contribution in [2.45, 2.75) is 11.8 Å². The van der Waals surface area contributed by atoms with Crippen LogP contribution < -0.4 is 11.2 Å². The van der Waals surface area contributed by atoms with E-state index in [1.54, 1.807) is 24.3 Å². The molecule has 120 valence electrons. The minimum absolute atomic E-state index is 0.280. The summed E-state index contributed by atoms with van der Waals surface area (Å²) in [7, 11) is 0. The van der Waals surface area contributed by atoms with Crippen molar-refractivity contribution in [3.8, 4) is 0 Å². The van der Waals surface area contributed by atoms with Crippen LogP contribution in [0.5, 0.6) is 0 Å². The second kappa shape index (κ2) is 6.01. The quantitative estimate of drug-likeness (QED) is 0.578. The molecule has 4 rings (SSSR count). The van der Waals surface area contributed by atoms with E-state index in [1.807, 2.05) is 24.3 Å². The molecule has 0 fully saturated rings. The summed E-state index contributed by atoms with van der Waals surface area (Å²) in [5.41, 5.74) is 1.38. The van der Waals surface area contributed by atoms with Crippen molar-refractivity contribution in [3.05, 3.63) is 69.4 Å². The van der Waals surface area contributed by atoms with Crippen LogP contribution in [0.15, 0.2) is 67.8 Å². The van der Waals surface area contributed by atoms with Crippen molar-refractivity contribution in [2.75, 3.05) is 5.75 Å². The fourth-order valence-corrected chi connectivity index (χ4v) is 3.30. The van der Waals surface area contributed by atoms with Crippen LogP contribution in [0.3, 0.4) is 0 Å². The van der Waals surface area contributed by atoms with Gasteiger partial charge in [0, 0.05) is 12.3 Å². The monoisotopic (exact) mass is 339 g/mol. The smallest absolute Gasteiger partial charge is 0.328 e. The molecule has 6 nitrogen and oxygen atoms in total. The van der Waals surface area contributed by atoms with Crippen LogP contribution in [0, 0.1) is 0 Å². The standard InChI is InChI=1S/C17H13N3O3S/c21-15-11-5-1-2-6-12(11)18-16(22)20(15)9-10-24-17-19-13-7-3-4-8-14(13)23-17/h1-8H,9-10H2,(H,18,22). The second-order valence-electron chi connectivity index (χ2n) is 5.23. The zero-order valence-corrected chi connectivity index (χ0v) is 13.4. The molecule has 0 unspecified atom stereocenters. The Morgan fingerprint density at radius 1 is 1.08 bits per heavy atom. The third-order valence-corrected chi connectivity index (χ3v) is 4.51. The highest BCUT2D eigenvalue weighted by Crippen LogP contribution is 2.22. The summed E-state index contributed by atoms with van der Waals surface area (Å²) in [6.45, 7) is 0.280. The first-order valence-electron chi connectivity index (χ1n) is 7.42. The summed E-state index contributed by atoms with van der Waals surface area (Å²) < 4.78 is 6.82. The lowest BCUT2D eigenvalue weighted by Gasteiger charge is -2.05. The molecule has 0 bridgehead atoms. The van der Waals surface area contributed by atoms with Crippen LogP contribution in [0.1, 0.15) is 0 Å². The maximum atomic E-state index is 12.4. The predicted molar refractivity (Wildman–Crippen MR) is 93.6 cm³/mol. The van der Waals surface area contributed by atoms with Crippen molar-refractivity contribution in [1.29, 1.82) is 0 Å². The summed E-state index contributed by atoms with van der Waals surface area (Å²) in [4.78, 5) is 31.6. The van der Waals surface area contributed by atoms with Crippen molar-refractivity contribution in [2.24, 2.45) is 0 Å². The van der Waals surface area contributed by atoms with E-state index in [9.17, 15) is 9.59 Å². The molecular weight excluding hydrogens is 326 g/mol. The topological polar surface area (TPSA) is 80.9 Å². The highest BCUT2D eigenvalue weighted by atomic mass is 32.2. The third-order valence-electron chi connectivity index (χ3n) is 3.70. The molecule has 1 N–H and O–H groups in total. The van der Waals surface area contributed by atoms with Gasteiger partial charge in [-0.15, -0.1) is 0 Å². The fourth-order valence-electron chi connectivity index (χ4n) is 2.54. The number of para-hydroxylation sites is 3. The number of H-pyrrole nitrogens is 1. The molecule has 0 aliphatic rings. The zero-order chi connectivity index (χ0) is 16.5. The van der Waals surface area contributed by atoms with Crippen molar-refractivity contribution in [1.82, 2.24) is 14.5 Å². The van der Waals surface area contributed by atoms with Gasteiger partial charge in [0.1, 0.15) is 5.52 Å². The molecule has 0 aliphatic carbocycles. The van der Waals surface area contributed by atoms with E-state index in [0.717, 1.165) is 11.1 Å². The number of rotatable bonds is 4.